The smallest absolute Gasteiger partial charge is 0.262 e. The van der Waals surface area contributed by atoms with Crippen LogP contribution in [0.2, 0.25) is 0 Å². The van der Waals surface area contributed by atoms with Crippen molar-refractivity contribution in [2.75, 3.05) is 11.9 Å². The summed E-state index contributed by atoms with van der Waals surface area (Å²) in [5.41, 5.74) is 1.41. The number of carbonyl (C=O) groups excluding carboxylic acids is 1. The molecule has 0 fully saturated rings. The van der Waals surface area contributed by atoms with E-state index in [1.54, 1.807) is 6.07 Å². The first-order valence-corrected chi connectivity index (χ1v) is 9.56. The zero-order valence-corrected chi connectivity index (χ0v) is 16.5. The monoisotopic (exact) mass is 389 g/mol. The highest BCUT2D eigenvalue weighted by Crippen LogP contribution is 2.41. The number of hydrogen-bond donors (Lipinski definition) is 1. The summed E-state index contributed by atoms with van der Waals surface area (Å²) >= 11 is 0. The van der Waals surface area contributed by atoms with Gasteiger partial charge in [-0.3, -0.25) is 4.79 Å². The fourth-order valence-electron chi connectivity index (χ4n) is 3.31. The lowest BCUT2D eigenvalue weighted by molar-refractivity contribution is -0.118. The van der Waals surface area contributed by atoms with Crippen LogP contribution in [0.5, 0.6) is 23.0 Å². The summed E-state index contributed by atoms with van der Waals surface area (Å²) in [6.45, 7) is 3.94. The van der Waals surface area contributed by atoms with Gasteiger partial charge in [-0.05, 0) is 44.2 Å². The zero-order valence-electron chi connectivity index (χ0n) is 16.5. The zero-order chi connectivity index (χ0) is 20.3. The van der Waals surface area contributed by atoms with Gasteiger partial charge in [-0.2, -0.15) is 0 Å². The maximum Gasteiger partial charge on any atom is 0.262 e. The van der Waals surface area contributed by atoms with Gasteiger partial charge in [0.1, 0.15) is 11.4 Å². The van der Waals surface area contributed by atoms with Crippen LogP contribution in [-0.4, -0.2) is 18.1 Å². The number of ether oxygens (including phenoxy) is 3. The van der Waals surface area contributed by atoms with Crippen molar-refractivity contribution >= 4 is 11.6 Å². The van der Waals surface area contributed by atoms with E-state index in [9.17, 15) is 4.79 Å². The third-order valence-corrected chi connectivity index (χ3v) is 4.55. The lowest BCUT2D eigenvalue weighted by Gasteiger charge is -2.18. The van der Waals surface area contributed by atoms with E-state index in [1.165, 1.54) is 0 Å². The van der Waals surface area contributed by atoms with Crippen molar-refractivity contribution in [2.45, 2.75) is 25.9 Å². The number of amides is 1. The van der Waals surface area contributed by atoms with Crippen LogP contribution in [0.3, 0.4) is 0 Å². The van der Waals surface area contributed by atoms with Crippen molar-refractivity contribution in [3.63, 3.8) is 0 Å². The highest BCUT2D eigenvalue weighted by atomic mass is 16.5. The molecule has 0 atom stereocenters. The van der Waals surface area contributed by atoms with E-state index in [0.29, 0.717) is 22.9 Å². The van der Waals surface area contributed by atoms with Crippen molar-refractivity contribution in [1.29, 1.82) is 0 Å². The van der Waals surface area contributed by atoms with Gasteiger partial charge in [-0.15, -0.1) is 0 Å². The first kappa shape index (κ1) is 18.9. The minimum atomic E-state index is -0.274. The molecule has 5 heteroatoms. The van der Waals surface area contributed by atoms with Gasteiger partial charge < -0.3 is 19.5 Å². The number of carbonyl (C=O) groups is 1. The Kier molecular flexibility index (Phi) is 5.12. The first-order chi connectivity index (χ1) is 14.0. The Morgan fingerprint density at radius 2 is 1.69 bits per heavy atom. The molecule has 148 valence electrons. The summed E-state index contributed by atoms with van der Waals surface area (Å²) in [6.07, 6.45) is 0.815. The first-order valence-electron chi connectivity index (χ1n) is 9.56. The molecule has 0 saturated carbocycles. The highest BCUT2D eigenvalue weighted by molar-refractivity contribution is 5.93. The van der Waals surface area contributed by atoms with Crippen LogP contribution in [0.25, 0.3) is 0 Å². The Bertz CT molecular complexity index is 1010. The number of hydrogen-bond acceptors (Lipinski definition) is 4. The third-order valence-electron chi connectivity index (χ3n) is 4.55. The van der Waals surface area contributed by atoms with Gasteiger partial charge in [-0.1, -0.05) is 42.5 Å². The molecular weight excluding hydrogens is 366 g/mol. The average Bonchev–Trinajstić information content (AvgIpc) is 3.03. The van der Waals surface area contributed by atoms with Crippen LogP contribution >= 0.6 is 0 Å². The molecule has 1 amide bonds. The molecule has 0 saturated heterocycles. The summed E-state index contributed by atoms with van der Waals surface area (Å²) in [7, 11) is 0. The minimum Gasteiger partial charge on any atom is -0.483 e. The lowest BCUT2D eigenvalue weighted by atomic mass is 10.0. The molecule has 0 unspecified atom stereocenters. The van der Waals surface area contributed by atoms with Crippen molar-refractivity contribution in [3.05, 3.63) is 78.4 Å². The van der Waals surface area contributed by atoms with Gasteiger partial charge >= 0.3 is 0 Å². The van der Waals surface area contributed by atoms with E-state index in [2.05, 4.69) is 5.32 Å². The van der Waals surface area contributed by atoms with E-state index >= 15 is 0 Å². The maximum absolute atomic E-state index is 12.5. The maximum atomic E-state index is 12.5. The molecule has 0 radical (unpaired) electrons. The number of nitrogens with one attached hydrogen (secondary N) is 1. The SMILES string of the molecule is CC1(C)Cc2cccc(OCC(=O)Nc3ccccc3Oc3ccccc3)c2O1. The number of rotatable bonds is 6. The van der Waals surface area contributed by atoms with Crippen molar-refractivity contribution in [2.24, 2.45) is 0 Å². The molecule has 0 spiro atoms. The fourth-order valence-corrected chi connectivity index (χ4v) is 3.31. The molecular formula is C24H23NO4. The van der Waals surface area contributed by atoms with Gasteiger partial charge in [0.25, 0.3) is 5.91 Å². The number of fused-ring (bicyclic) bond motifs is 1. The second-order valence-electron chi connectivity index (χ2n) is 7.53. The van der Waals surface area contributed by atoms with E-state index < -0.39 is 0 Å². The van der Waals surface area contributed by atoms with E-state index in [4.69, 9.17) is 14.2 Å². The largest absolute Gasteiger partial charge is 0.483 e. The molecule has 1 N–H and O–H groups in total. The van der Waals surface area contributed by atoms with Crippen LogP contribution in [0.4, 0.5) is 5.69 Å². The van der Waals surface area contributed by atoms with Gasteiger partial charge in [0.05, 0.1) is 5.69 Å². The summed E-state index contributed by atoms with van der Waals surface area (Å²) in [6, 6.07) is 22.5. The van der Waals surface area contributed by atoms with Gasteiger partial charge in [0.2, 0.25) is 0 Å². The molecule has 1 aliphatic heterocycles. The predicted molar refractivity (Wildman–Crippen MR) is 112 cm³/mol. The van der Waals surface area contributed by atoms with E-state index in [0.717, 1.165) is 17.7 Å². The van der Waals surface area contributed by atoms with Crippen molar-refractivity contribution in [1.82, 2.24) is 0 Å². The minimum absolute atomic E-state index is 0.125. The third kappa shape index (κ3) is 4.51. The Hall–Kier alpha value is -3.47. The molecule has 0 bridgehead atoms. The van der Waals surface area contributed by atoms with Crippen molar-refractivity contribution < 1.29 is 19.0 Å². The standard InChI is InChI=1S/C24H23NO4/c1-24(2)15-17-9-8-14-21(23(17)29-24)27-16-22(26)25-19-12-6-7-13-20(19)28-18-10-4-3-5-11-18/h3-14H,15-16H2,1-2H3,(H,25,26). The van der Waals surface area contributed by atoms with E-state index in [1.807, 2.05) is 80.6 Å². The second-order valence-corrected chi connectivity index (χ2v) is 7.53. The Balaban J connectivity index is 1.41. The number of anilines is 1. The second kappa shape index (κ2) is 7.87. The molecule has 0 aromatic heterocycles. The molecule has 3 aromatic carbocycles. The molecule has 4 rings (SSSR count). The molecule has 29 heavy (non-hydrogen) atoms. The quantitative estimate of drug-likeness (QED) is 0.629. The van der Waals surface area contributed by atoms with Crippen LogP contribution in [0, 0.1) is 0 Å². The molecule has 1 aliphatic rings. The van der Waals surface area contributed by atoms with Crippen LogP contribution in [0.15, 0.2) is 72.8 Å². The molecule has 0 aliphatic carbocycles. The summed E-state index contributed by atoms with van der Waals surface area (Å²) in [5.74, 6) is 2.29. The van der Waals surface area contributed by atoms with Crippen LogP contribution < -0.4 is 19.5 Å². The molecule has 3 aromatic rings. The predicted octanol–water partition coefficient (Wildman–Crippen LogP) is 5.21. The fraction of sp³-hybridized carbons (Fsp3) is 0.208. The van der Waals surface area contributed by atoms with Gasteiger partial charge in [-0.25, -0.2) is 0 Å². The molecule has 5 nitrogen and oxygen atoms in total. The lowest BCUT2D eigenvalue weighted by Crippen LogP contribution is -2.25. The van der Waals surface area contributed by atoms with Crippen molar-refractivity contribution in [3.8, 4) is 23.0 Å². The summed E-state index contributed by atoms with van der Waals surface area (Å²) < 4.78 is 17.6. The number of benzene rings is 3. The van der Waals surface area contributed by atoms with Gasteiger partial charge in [0.15, 0.2) is 23.9 Å². The average molecular weight is 389 g/mol. The number of para-hydroxylation sites is 4. The highest BCUT2D eigenvalue weighted by Gasteiger charge is 2.32. The van der Waals surface area contributed by atoms with Crippen LogP contribution in [0.1, 0.15) is 19.4 Å². The molecule has 1 heterocycles. The van der Waals surface area contributed by atoms with Crippen LogP contribution in [-0.2, 0) is 11.2 Å². The van der Waals surface area contributed by atoms with E-state index in [-0.39, 0.29) is 18.1 Å². The van der Waals surface area contributed by atoms with Gasteiger partial charge in [0, 0.05) is 12.0 Å². The summed E-state index contributed by atoms with van der Waals surface area (Å²) in [5, 5.41) is 2.86. The normalized spacial score (nSPS) is 13.9. The Labute approximate surface area is 170 Å². The Morgan fingerprint density at radius 3 is 2.52 bits per heavy atom. The Morgan fingerprint density at radius 1 is 0.966 bits per heavy atom. The summed E-state index contributed by atoms with van der Waals surface area (Å²) in [4.78, 5) is 12.5. The topological polar surface area (TPSA) is 56.8 Å².